The summed E-state index contributed by atoms with van der Waals surface area (Å²) in [5.41, 5.74) is 9.38. The summed E-state index contributed by atoms with van der Waals surface area (Å²) in [4.78, 5) is 10.6. The van der Waals surface area contributed by atoms with E-state index >= 15 is 0 Å². The van der Waals surface area contributed by atoms with Crippen LogP contribution in [0.3, 0.4) is 0 Å². The van der Waals surface area contributed by atoms with E-state index in [1.54, 1.807) is 0 Å². The van der Waals surface area contributed by atoms with Gasteiger partial charge < -0.3 is 9.73 Å². The molecule has 0 amide bonds. The Labute approximate surface area is 295 Å². The second kappa shape index (κ2) is 12.0. The SMILES string of the molecule is c1ccc(C2=NC(c3cccc4oc5ccc(-c6ccc7ccccc7c6)cc5c34)N=C(c3ccc(-c4ccccc4)c4ccccc34)N2)cc1. The average molecular weight is 654 g/mol. The van der Waals surface area contributed by atoms with Crippen LogP contribution in [-0.4, -0.2) is 11.7 Å². The zero-order chi connectivity index (χ0) is 33.7. The van der Waals surface area contributed by atoms with E-state index < -0.39 is 6.17 Å². The predicted octanol–water partition coefficient (Wildman–Crippen LogP) is 11.7. The van der Waals surface area contributed by atoms with Crippen molar-refractivity contribution in [2.75, 3.05) is 0 Å². The van der Waals surface area contributed by atoms with Crippen molar-refractivity contribution in [2.45, 2.75) is 6.17 Å². The van der Waals surface area contributed by atoms with Gasteiger partial charge in [-0.1, -0.05) is 152 Å². The van der Waals surface area contributed by atoms with Gasteiger partial charge in [-0.2, -0.15) is 0 Å². The summed E-state index contributed by atoms with van der Waals surface area (Å²) in [6.45, 7) is 0. The van der Waals surface area contributed by atoms with Gasteiger partial charge in [0.25, 0.3) is 0 Å². The molecule has 1 aromatic heterocycles. The summed E-state index contributed by atoms with van der Waals surface area (Å²) < 4.78 is 6.47. The van der Waals surface area contributed by atoms with Crippen molar-refractivity contribution < 1.29 is 4.42 Å². The van der Waals surface area contributed by atoms with Crippen LogP contribution in [0.5, 0.6) is 0 Å². The molecule has 8 aromatic carbocycles. The number of fused-ring (bicyclic) bond motifs is 5. The topological polar surface area (TPSA) is 49.9 Å². The van der Waals surface area contributed by atoms with Crippen molar-refractivity contribution in [1.82, 2.24) is 5.32 Å². The number of hydrogen-bond donors (Lipinski definition) is 1. The predicted molar refractivity (Wildman–Crippen MR) is 211 cm³/mol. The number of nitrogens with zero attached hydrogens (tertiary/aromatic N) is 2. The summed E-state index contributed by atoms with van der Waals surface area (Å²) in [7, 11) is 0. The van der Waals surface area contributed by atoms with E-state index in [9.17, 15) is 0 Å². The smallest absolute Gasteiger partial charge is 0.170 e. The molecule has 1 unspecified atom stereocenters. The average Bonchev–Trinajstić information content (AvgIpc) is 3.59. The van der Waals surface area contributed by atoms with Gasteiger partial charge in [0.05, 0.1) is 0 Å². The van der Waals surface area contributed by atoms with Crippen LogP contribution in [0.1, 0.15) is 22.9 Å². The first kappa shape index (κ1) is 29.2. The molecule has 240 valence electrons. The number of hydrogen-bond acceptors (Lipinski definition) is 4. The monoisotopic (exact) mass is 653 g/mol. The van der Waals surface area contributed by atoms with E-state index in [-0.39, 0.29) is 0 Å². The molecular formula is C47H31N3O. The molecule has 0 fully saturated rings. The number of aliphatic imine (C=N–C) groups is 2. The minimum atomic E-state index is -0.502. The van der Waals surface area contributed by atoms with Crippen LogP contribution in [0.2, 0.25) is 0 Å². The van der Waals surface area contributed by atoms with Crippen molar-refractivity contribution in [3.8, 4) is 22.3 Å². The zero-order valence-electron chi connectivity index (χ0n) is 27.6. The summed E-state index contributed by atoms with van der Waals surface area (Å²) in [6, 6.07) is 61.6. The van der Waals surface area contributed by atoms with Gasteiger partial charge in [-0.25, -0.2) is 9.98 Å². The lowest BCUT2D eigenvalue weighted by Gasteiger charge is -2.24. The molecule has 0 bridgehead atoms. The lowest BCUT2D eigenvalue weighted by molar-refractivity contribution is 0.667. The van der Waals surface area contributed by atoms with Crippen molar-refractivity contribution in [3.63, 3.8) is 0 Å². The highest BCUT2D eigenvalue weighted by Crippen LogP contribution is 2.39. The third-order valence-corrected chi connectivity index (χ3v) is 9.94. The highest BCUT2D eigenvalue weighted by molar-refractivity contribution is 6.21. The first-order chi connectivity index (χ1) is 25.3. The number of furan rings is 1. The molecule has 1 atom stereocenters. The second-order valence-corrected chi connectivity index (χ2v) is 13.0. The molecular weight excluding hydrogens is 623 g/mol. The first-order valence-electron chi connectivity index (χ1n) is 17.3. The van der Waals surface area contributed by atoms with Gasteiger partial charge in [-0.3, -0.25) is 0 Å². The number of nitrogens with one attached hydrogen (secondary N) is 1. The van der Waals surface area contributed by atoms with E-state index in [1.807, 2.05) is 30.3 Å². The number of rotatable bonds is 5. The standard InChI is InChI=1S/C47H31N3O/c1-3-13-31(14-4-1)36-25-26-39(38-19-10-9-18-37(36)38)46-48-45(32-15-5-2-6-16-32)49-47(50-46)40-20-11-21-43-44(40)41-29-35(24-27-42(41)51-43)34-23-22-30-12-7-8-17-33(30)28-34/h1-29,47H,(H,48,49,50). The maximum Gasteiger partial charge on any atom is 0.170 e. The van der Waals surface area contributed by atoms with Gasteiger partial charge in [0.1, 0.15) is 22.8 Å². The largest absolute Gasteiger partial charge is 0.456 e. The van der Waals surface area contributed by atoms with Gasteiger partial charge in [-0.05, 0) is 68.1 Å². The van der Waals surface area contributed by atoms with E-state index in [0.29, 0.717) is 0 Å². The first-order valence-corrected chi connectivity index (χ1v) is 17.3. The Hall–Kier alpha value is -6.78. The zero-order valence-corrected chi connectivity index (χ0v) is 27.6. The summed E-state index contributed by atoms with van der Waals surface area (Å²) >= 11 is 0. The van der Waals surface area contributed by atoms with Crippen molar-refractivity contribution in [1.29, 1.82) is 0 Å². The highest BCUT2D eigenvalue weighted by Gasteiger charge is 2.25. The molecule has 4 nitrogen and oxygen atoms in total. The van der Waals surface area contributed by atoms with E-state index in [1.165, 1.54) is 32.8 Å². The molecule has 1 aliphatic rings. The van der Waals surface area contributed by atoms with Crippen molar-refractivity contribution in [2.24, 2.45) is 9.98 Å². The van der Waals surface area contributed by atoms with Gasteiger partial charge in [-0.15, -0.1) is 0 Å². The van der Waals surface area contributed by atoms with Crippen LogP contribution in [0, 0.1) is 0 Å². The second-order valence-electron chi connectivity index (χ2n) is 13.0. The Morgan fingerprint density at radius 3 is 1.88 bits per heavy atom. The highest BCUT2D eigenvalue weighted by atomic mass is 16.3. The minimum absolute atomic E-state index is 0.502. The molecule has 1 aliphatic heterocycles. The maximum absolute atomic E-state index is 6.47. The van der Waals surface area contributed by atoms with E-state index in [2.05, 4.69) is 151 Å². The van der Waals surface area contributed by atoms with Gasteiger partial charge >= 0.3 is 0 Å². The fourth-order valence-corrected chi connectivity index (χ4v) is 7.46. The normalized spacial score (nSPS) is 14.5. The van der Waals surface area contributed by atoms with Crippen LogP contribution in [0.25, 0.3) is 65.7 Å². The quantitative estimate of drug-likeness (QED) is 0.201. The molecule has 0 radical (unpaired) electrons. The fraction of sp³-hybridized carbons (Fsp3) is 0.0213. The summed E-state index contributed by atoms with van der Waals surface area (Å²) in [5.74, 6) is 1.56. The van der Waals surface area contributed by atoms with Crippen molar-refractivity contribution in [3.05, 3.63) is 193 Å². The Morgan fingerprint density at radius 2 is 1.06 bits per heavy atom. The lowest BCUT2D eigenvalue weighted by Crippen LogP contribution is -2.36. The minimum Gasteiger partial charge on any atom is -0.456 e. The number of benzene rings is 8. The molecule has 0 aliphatic carbocycles. The molecule has 9 aromatic rings. The Balaban J connectivity index is 1.16. The molecule has 4 heteroatoms. The van der Waals surface area contributed by atoms with Crippen LogP contribution < -0.4 is 5.32 Å². The summed E-state index contributed by atoms with van der Waals surface area (Å²) in [5, 5.41) is 10.5. The van der Waals surface area contributed by atoms with E-state index in [4.69, 9.17) is 14.4 Å². The summed E-state index contributed by atoms with van der Waals surface area (Å²) in [6.07, 6.45) is -0.502. The molecule has 10 rings (SSSR count). The van der Waals surface area contributed by atoms with Gasteiger partial charge in [0, 0.05) is 27.5 Å². The number of amidine groups is 2. The third kappa shape index (κ3) is 5.08. The van der Waals surface area contributed by atoms with Crippen LogP contribution in [0.4, 0.5) is 0 Å². The molecule has 0 saturated heterocycles. The van der Waals surface area contributed by atoms with E-state index in [0.717, 1.165) is 61.2 Å². The molecule has 1 N–H and O–H groups in total. The third-order valence-electron chi connectivity index (χ3n) is 9.94. The Kier molecular flexibility index (Phi) is 6.85. The Morgan fingerprint density at radius 1 is 0.412 bits per heavy atom. The lowest BCUT2D eigenvalue weighted by atomic mass is 9.94. The van der Waals surface area contributed by atoms with Crippen LogP contribution in [0.15, 0.2) is 190 Å². The van der Waals surface area contributed by atoms with Crippen LogP contribution in [-0.2, 0) is 0 Å². The maximum atomic E-state index is 6.47. The molecule has 2 heterocycles. The molecule has 51 heavy (non-hydrogen) atoms. The molecule has 0 spiro atoms. The fourth-order valence-electron chi connectivity index (χ4n) is 7.46. The van der Waals surface area contributed by atoms with Crippen LogP contribution >= 0.6 is 0 Å². The van der Waals surface area contributed by atoms with Crippen molar-refractivity contribution >= 4 is 55.2 Å². The Bertz CT molecular complexity index is 2830. The van der Waals surface area contributed by atoms with Gasteiger partial charge in [0.2, 0.25) is 0 Å². The molecule has 0 saturated carbocycles. The van der Waals surface area contributed by atoms with Gasteiger partial charge in [0.15, 0.2) is 6.17 Å².